The molecular formula is C14H28N2O2S. The van der Waals surface area contributed by atoms with Gasteiger partial charge >= 0.3 is 0 Å². The summed E-state index contributed by atoms with van der Waals surface area (Å²) in [5.74, 6) is 0.737. The Morgan fingerprint density at radius 1 is 1.26 bits per heavy atom. The van der Waals surface area contributed by atoms with Crippen LogP contribution in [0.25, 0.3) is 0 Å². The SMILES string of the molecule is CC1CNC(C(C)(C)C)CN1C1CCCS(=O)(=O)C1. The fraction of sp³-hybridized carbons (Fsp3) is 1.00. The first-order valence-electron chi connectivity index (χ1n) is 7.38. The van der Waals surface area contributed by atoms with Gasteiger partial charge in [-0.15, -0.1) is 0 Å². The molecule has 2 saturated heterocycles. The van der Waals surface area contributed by atoms with Gasteiger partial charge in [-0.3, -0.25) is 4.90 Å². The third-order valence-corrected chi connectivity index (χ3v) is 6.38. The van der Waals surface area contributed by atoms with E-state index in [9.17, 15) is 8.42 Å². The van der Waals surface area contributed by atoms with Crippen molar-refractivity contribution in [1.29, 1.82) is 0 Å². The molecule has 0 aromatic rings. The van der Waals surface area contributed by atoms with Crippen LogP contribution in [0.15, 0.2) is 0 Å². The number of hydrogen-bond donors (Lipinski definition) is 1. The fourth-order valence-electron chi connectivity index (χ4n) is 3.23. The highest BCUT2D eigenvalue weighted by molar-refractivity contribution is 7.91. The van der Waals surface area contributed by atoms with E-state index in [1.165, 1.54) is 0 Å². The van der Waals surface area contributed by atoms with Gasteiger partial charge in [0.25, 0.3) is 0 Å². The minimum absolute atomic E-state index is 0.214. The maximum atomic E-state index is 11.8. The van der Waals surface area contributed by atoms with Crippen LogP contribution in [0.1, 0.15) is 40.5 Å². The summed E-state index contributed by atoms with van der Waals surface area (Å²) in [4.78, 5) is 2.43. The summed E-state index contributed by atoms with van der Waals surface area (Å²) < 4.78 is 23.7. The Morgan fingerprint density at radius 2 is 1.95 bits per heavy atom. The summed E-state index contributed by atoms with van der Waals surface area (Å²) >= 11 is 0. The summed E-state index contributed by atoms with van der Waals surface area (Å²) in [5.41, 5.74) is 0.214. The van der Waals surface area contributed by atoms with E-state index in [1.807, 2.05) is 0 Å². The highest BCUT2D eigenvalue weighted by atomic mass is 32.2. The maximum Gasteiger partial charge on any atom is 0.151 e. The Kier molecular flexibility index (Phi) is 4.29. The first kappa shape index (κ1) is 15.3. The summed E-state index contributed by atoms with van der Waals surface area (Å²) in [6.45, 7) is 10.9. The molecule has 2 aliphatic rings. The van der Waals surface area contributed by atoms with Crippen molar-refractivity contribution in [3.05, 3.63) is 0 Å². The van der Waals surface area contributed by atoms with Crippen LogP contribution in [-0.2, 0) is 9.84 Å². The summed E-state index contributed by atoms with van der Waals surface area (Å²) in [6, 6.07) is 1.09. The molecular weight excluding hydrogens is 260 g/mol. The predicted octanol–water partition coefficient (Wildman–Crippen LogP) is 1.27. The van der Waals surface area contributed by atoms with Gasteiger partial charge in [0.2, 0.25) is 0 Å². The number of piperazine rings is 1. The molecule has 4 nitrogen and oxygen atoms in total. The third-order valence-electron chi connectivity index (χ3n) is 4.57. The van der Waals surface area contributed by atoms with Crippen LogP contribution >= 0.6 is 0 Å². The normalized spacial score (nSPS) is 37.2. The minimum atomic E-state index is -2.82. The first-order valence-corrected chi connectivity index (χ1v) is 9.21. The lowest BCUT2D eigenvalue weighted by atomic mass is 9.84. The summed E-state index contributed by atoms with van der Waals surface area (Å²) in [6.07, 6.45) is 1.85. The number of rotatable bonds is 1. The van der Waals surface area contributed by atoms with Crippen molar-refractivity contribution in [1.82, 2.24) is 10.2 Å². The number of nitrogens with zero attached hydrogens (tertiary/aromatic N) is 1. The van der Waals surface area contributed by atoms with Gasteiger partial charge < -0.3 is 5.32 Å². The zero-order valence-electron chi connectivity index (χ0n) is 12.6. The lowest BCUT2D eigenvalue weighted by Gasteiger charge is -2.47. The van der Waals surface area contributed by atoms with Crippen LogP contribution in [0.4, 0.5) is 0 Å². The van der Waals surface area contributed by atoms with Crippen LogP contribution in [0.2, 0.25) is 0 Å². The van der Waals surface area contributed by atoms with Crippen molar-refractivity contribution < 1.29 is 8.42 Å². The maximum absolute atomic E-state index is 11.8. The van der Waals surface area contributed by atoms with Gasteiger partial charge in [0.1, 0.15) is 0 Å². The molecule has 1 N–H and O–H groups in total. The molecule has 3 atom stereocenters. The van der Waals surface area contributed by atoms with Gasteiger partial charge in [0.05, 0.1) is 11.5 Å². The molecule has 3 unspecified atom stereocenters. The van der Waals surface area contributed by atoms with E-state index in [4.69, 9.17) is 0 Å². The van der Waals surface area contributed by atoms with Crippen LogP contribution < -0.4 is 5.32 Å². The molecule has 5 heteroatoms. The Bertz CT molecular complexity index is 414. The van der Waals surface area contributed by atoms with E-state index < -0.39 is 9.84 Å². The second-order valence-corrected chi connectivity index (χ2v) is 9.51. The Balaban J connectivity index is 2.09. The van der Waals surface area contributed by atoms with Gasteiger partial charge in [-0.05, 0) is 25.2 Å². The average molecular weight is 288 g/mol. The van der Waals surface area contributed by atoms with Gasteiger partial charge in [0, 0.05) is 31.2 Å². The lowest BCUT2D eigenvalue weighted by Crippen LogP contribution is -2.63. The third kappa shape index (κ3) is 3.70. The van der Waals surface area contributed by atoms with Crippen molar-refractivity contribution in [2.45, 2.75) is 58.7 Å². The molecule has 2 rings (SSSR count). The smallest absolute Gasteiger partial charge is 0.151 e. The lowest BCUT2D eigenvalue weighted by molar-refractivity contribution is 0.0597. The molecule has 112 valence electrons. The highest BCUT2D eigenvalue weighted by Gasteiger charge is 2.38. The fourth-order valence-corrected chi connectivity index (χ4v) is 4.95. The van der Waals surface area contributed by atoms with Crippen molar-refractivity contribution in [3.63, 3.8) is 0 Å². The van der Waals surface area contributed by atoms with Crippen molar-refractivity contribution in [2.24, 2.45) is 5.41 Å². The van der Waals surface area contributed by atoms with E-state index >= 15 is 0 Å². The molecule has 0 aromatic carbocycles. The molecule has 2 fully saturated rings. The van der Waals surface area contributed by atoms with Gasteiger partial charge in [-0.25, -0.2) is 8.42 Å². The van der Waals surface area contributed by atoms with Crippen LogP contribution in [0.5, 0.6) is 0 Å². The monoisotopic (exact) mass is 288 g/mol. The van der Waals surface area contributed by atoms with Gasteiger partial charge in [0.15, 0.2) is 9.84 Å². The Labute approximate surface area is 117 Å². The van der Waals surface area contributed by atoms with Gasteiger partial charge in [-0.1, -0.05) is 20.8 Å². The topological polar surface area (TPSA) is 49.4 Å². The Morgan fingerprint density at radius 3 is 2.53 bits per heavy atom. The predicted molar refractivity (Wildman–Crippen MR) is 79.1 cm³/mol. The number of sulfone groups is 1. The minimum Gasteiger partial charge on any atom is -0.311 e. The molecule has 2 aliphatic heterocycles. The number of nitrogens with one attached hydrogen (secondary N) is 1. The van der Waals surface area contributed by atoms with Crippen molar-refractivity contribution in [3.8, 4) is 0 Å². The average Bonchev–Trinajstić information content (AvgIpc) is 2.26. The second kappa shape index (κ2) is 5.34. The van der Waals surface area contributed by atoms with E-state index in [-0.39, 0.29) is 11.5 Å². The molecule has 0 amide bonds. The molecule has 0 spiro atoms. The Hall–Kier alpha value is -0.130. The zero-order chi connectivity index (χ0) is 14.3. The van der Waals surface area contributed by atoms with E-state index in [0.29, 0.717) is 23.6 Å². The van der Waals surface area contributed by atoms with Gasteiger partial charge in [-0.2, -0.15) is 0 Å². The van der Waals surface area contributed by atoms with Crippen molar-refractivity contribution in [2.75, 3.05) is 24.6 Å². The zero-order valence-corrected chi connectivity index (χ0v) is 13.5. The largest absolute Gasteiger partial charge is 0.311 e. The first-order chi connectivity index (χ1) is 8.69. The molecule has 0 aliphatic carbocycles. The second-order valence-electron chi connectivity index (χ2n) is 7.28. The molecule has 0 saturated carbocycles. The van der Waals surface area contributed by atoms with Crippen molar-refractivity contribution >= 4 is 9.84 Å². The van der Waals surface area contributed by atoms with Crippen LogP contribution in [0, 0.1) is 5.41 Å². The highest BCUT2D eigenvalue weighted by Crippen LogP contribution is 2.27. The number of hydrogen-bond acceptors (Lipinski definition) is 4. The molecule has 0 aromatic heterocycles. The van der Waals surface area contributed by atoms with Crippen LogP contribution in [-0.4, -0.2) is 56.0 Å². The molecule has 0 radical (unpaired) electrons. The van der Waals surface area contributed by atoms with E-state index in [2.05, 4.69) is 37.9 Å². The van der Waals surface area contributed by atoms with Crippen LogP contribution in [0.3, 0.4) is 0 Å². The standard InChI is InChI=1S/C14H28N2O2S/c1-11-8-15-13(14(2,3)4)9-16(11)12-6-5-7-19(17,18)10-12/h11-13,15H,5-10H2,1-4H3. The molecule has 0 bridgehead atoms. The summed E-state index contributed by atoms with van der Waals surface area (Å²) in [7, 11) is -2.82. The molecule has 2 heterocycles. The quantitative estimate of drug-likeness (QED) is 0.789. The van der Waals surface area contributed by atoms with E-state index in [0.717, 1.165) is 25.9 Å². The molecule has 19 heavy (non-hydrogen) atoms. The van der Waals surface area contributed by atoms with E-state index in [1.54, 1.807) is 0 Å². The summed E-state index contributed by atoms with van der Waals surface area (Å²) in [5, 5.41) is 3.61.